The van der Waals surface area contributed by atoms with Gasteiger partial charge in [0.05, 0.1) is 24.6 Å². The molecule has 0 fully saturated rings. The maximum atomic E-state index is 9.81. The van der Waals surface area contributed by atoms with Crippen molar-refractivity contribution in [2.75, 3.05) is 5.73 Å². The van der Waals surface area contributed by atoms with Crippen molar-refractivity contribution < 1.29 is 5.21 Å². The summed E-state index contributed by atoms with van der Waals surface area (Å²) in [5.74, 6) is -0.202. The van der Waals surface area contributed by atoms with Gasteiger partial charge in [-0.1, -0.05) is 29.8 Å². The molecule has 4 N–H and O–H groups in total. The van der Waals surface area contributed by atoms with Gasteiger partial charge in [-0.05, 0) is 11.6 Å². The molecule has 2 aromatic rings. The number of benzene rings is 1. The molecule has 0 bridgehead atoms. The fourth-order valence-corrected chi connectivity index (χ4v) is 1.63. The average Bonchev–Trinajstić information content (AvgIpc) is 2.78. The van der Waals surface area contributed by atoms with Crippen LogP contribution in [0.5, 0.6) is 0 Å². The number of nitrogens with one attached hydrogen (secondary N) is 1. The number of aromatic nitrogens is 2. The summed E-state index contributed by atoms with van der Waals surface area (Å²) in [5.41, 5.74) is 6.63. The van der Waals surface area contributed by atoms with Gasteiger partial charge in [0.2, 0.25) is 5.96 Å². The molecule has 0 aliphatic carbocycles. The van der Waals surface area contributed by atoms with Crippen LogP contribution < -0.4 is 5.73 Å². The summed E-state index contributed by atoms with van der Waals surface area (Å²) in [6, 6.07) is 7.11. The van der Waals surface area contributed by atoms with Crippen molar-refractivity contribution >= 4 is 23.2 Å². The molecule has 0 saturated heterocycles. The van der Waals surface area contributed by atoms with Gasteiger partial charge >= 0.3 is 0 Å². The van der Waals surface area contributed by atoms with E-state index in [4.69, 9.17) is 22.7 Å². The van der Waals surface area contributed by atoms with Crippen LogP contribution in [-0.4, -0.2) is 26.0 Å². The minimum Gasteiger partial charge on any atom is -0.396 e. The maximum absolute atomic E-state index is 9.81. The summed E-state index contributed by atoms with van der Waals surface area (Å²) in [4.78, 5) is 0. The van der Waals surface area contributed by atoms with Gasteiger partial charge in [0, 0.05) is 5.02 Å². The minimum atomic E-state index is -0.202. The Labute approximate surface area is 109 Å². The molecule has 1 aromatic carbocycles. The first-order valence-electron chi connectivity index (χ1n) is 5.17. The number of halogens is 1. The van der Waals surface area contributed by atoms with Crippen molar-refractivity contribution in [2.24, 2.45) is 0 Å². The molecule has 7 heteroatoms. The highest BCUT2D eigenvalue weighted by molar-refractivity contribution is 6.31. The van der Waals surface area contributed by atoms with Gasteiger partial charge in [-0.15, -0.1) is 0 Å². The monoisotopic (exact) mass is 265 g/mol. The molecule has 0 atom stereocenters. The lowest BCUT2D eigenvalue weighted by Crippen LogP contribution is -2.32. The van der Waals surface area contributed by atoms with Crippen LogP contribution in [0.4, 0.5) is 5.69 Å². The third kappa shape index (κ3) is 2.61. The summed E-state index contributed by atoms with van der Waals surface area (Å²) in [7, 11) is 0. The molecular weight excluding hydrogens is 254 g/mol. The van der Waals surface area contributed by atoms with Crippen molar-refractivity contribution in [2.45, 2.75) is 6.54 Å². The Hall–Kier alpha value is -2.05. The number of nitrogen functional groups attached to an aromatic ring is 1. The molecule has 0 radical (unpaired) electrons. The van der Waals surface area contributed by atoms with Gasteiger partial charge in [0.25, 0.3) is 0 Å². The van der Waals surface area contributed by atoms with Crippen LogP contribution in [0.25, 0.3) is 0 Å². The van der Waals surface area contributed by atoms with Crippen LogP contribution in [0.3, 0.4) is 0 Å². The smallest absolute Gasteiger partial charge is 0.243 e. The van der Waals surface area contributed by atoms with Gasteiger partial charge in [-0.2, -0.15) is 5.10 Å². The van der Waals surface area contributed by atoms with Crippen LogP contribution >= 0.6 is 11.6 Å². The molecule has 0 unspecified atom stereocenters. The Bertz CT molecular complexity index is 568. The molecule has 0 aliphatic heterocycles. The summed E-state index contributed by atoms with van der Waals surface area (Å²) in [5, 5.41) is 22.7. The Morgan fingerprint density at radius 2 is 2.22 bits per heavy atom. The molecule has 1 heterocycles. The first-order chi connectivity index (χ1) is 8.58. The highest BCUT2D eigenvalue weighted by atomic mass is 35.5. The lowest BCUT2D eigenvalue weighted by Gasteiger charge is -2.17. The van der Waals surface area contributed by atoms with Crippen LogP contribution in [0.2, 0.25) is 5.02 Å². The molecular formula is C11H12ClN5O. The standard InChI is InChI=1S/C11H12ClN5O/c12-10-4-2-1-3-8(10)6-17(18)11(14)16-7-9(13)5-15-16/h1-5,7,14,18H,6,13H2. The molecule has 94 valence electrons. The van der Waals surface area contributed by atoms with E-state index in [2.05, 4.69) is 5.10 Å². The van der Waals surface area contributed by atoms with E-state index in [1.54, 1.807) is 18.2 Å². The van der Waals surface area contributed by atoms with Gasteiger partial charge < -0.3 is 5.73 Å². The number of rotatable bonds is 2. The Kier molecular flexibility index (Phi) is 3.50. The molecule has 0 saturated carbocycles. The minimum absolute atomic E-state index is 0.0955. The van der Waals surface area contributed by atoms with E-state index in [9.17, 15) is 5.21 Å². The van der Waals surface area contributed by atoms with Crippen LogP contribution in [0.1, 0.15) is 5.56 Å². The Morgan fingerprint density at radius 1 is 1.50 bits per heavy atom. The van der Waals surface area contributed by atoms with Crippen molar-refractivity contribution in [1.82, 2.24) is 14.8 Å². The number of nitrogens with two attached hydrogens (primary N) is 1. The molecule has 0 aliphatic rings. The van der Waals surface area contributed by atoms with E-state index in [0.717, 1.165) is 5.06 Å². The lowest BCUT2D eigenvalue weighted by molar-refractivity contribution is -0.0283. The molecule has 0 amide bonds. The van der Waals surface area contributed by atoms with Crippen molar-refractivity contribution in [3.05, 3.63) is 47.2 Å². The normalized spacial score (nSPS) is 10.3. The molecule has 6 nitrogen and oxygen atoms in total. The average molecular weight is 266 g/mol. The van der Waals surface area contributed by atoms with E-state index in [0.29, 0.717) is 16.3 Å². The zero-order chi connectivity index (χ0) is 13.1. The second-order valence-electron chi connectivity index (χ2n) is 3.69. The summed E-state index contributed by atoms with van der Waals surface area (Å²) < 4.78 is 1.17. The fourth-order valence-electron chi connectivity index (χ4n) is 1.43. The van der Waals surface area contributed by atoms with E-state index in [1.165, 1.54) is 17.1 Å². The summed E-state index contributed by atoms with van der Waals surface area (Å²) in [6.45, 7) is 0.0955. The first-order valence-corrected chi connectivity index (χ1v) is 5.54. The van der Waals surface area contributed by atoms with Crippen LogP contribution in [0.15, 0.2) is 36.7 Å². The number of anilines is 1. The molecule has 18 heavy (non-hydrogen) atoms. The van der Waals surface area contributed by atoms with E-state index in [1.807, 2.05) is 6.07 Å². The fraction of sp³-hybridized carbons (Fsp3) is 0.0909. The Morgan fingerprint density at radius 3 is 2.83 bits per heavy atom. The highest BCUT2D eigenvalue weighted by Gasteiger charge is 2.12. The highest BCUT2D eigenvalue weighted by Crippen LogP contribution is 2.16. The van der Waals surface area contributed by atoms with Crippen LogP contribution in [-0.2, 0) is 6.54 Å². The van der Waals surface area contributed by atoms with E-state index in [-0.39, 0.29) is 12.5 Å². The third-order valence-corrected chi connectivity index (χ3v) is 2.71. The predicted molar refractivity (Wildman–Crippen MR) is 68.5 cm³/mol. The van der Waals surface area contributed by atoms with E-state index >= 15 is 0 Å². The summed E-state index contributed by atoms with van der Waals surface area (Å²) in [6.07, 6.45) is 2.84. The van der Waals surface area contributed by atoms with Gasteiger partial charge in [-0.25, -0.2) is 9.75 Å². The van der Waals surface area contributed by atoms with Crippen molar-refractivity contribution in [3.63, 3.8) is 0 Å². The zero-order valence-corrected chi connectivity index (χ0v) is 10.2. The molecule has 0 spiro atoms. The van der Waals surface area contributed by atoms with Gasteiger partial charge in [-0.3, -0.25) is 10.6 Å². The second kappa shape index (κ2) is 5.07. The maximum Gasteiger partial charge on any atom is 0.243 e. The first kappa shape index (κ1) is 12.4. The number of hydroxylamine groups is 2. The predicted octanol–water partition coefficient (Wildman–Crippen LogP) is 1.79. The third-order valence-electron chi connectivity index (χ3n) is 2.34. The number of nitrogens with zero attached hydrogens (tertiary/aromatic N) is 3. The van der Waals surface area contributed by atoms with Crippen molar-refractivity contribution in [3.8, 4) is 0 Å². The lowest BCUT2D eigenvalue weighted by atomic mass is 10.2. The topological polar surface area (TPSA) is 91.2 Å². The summed E-state index contributed by atoms with van der Waals surface area (Å²) >= 11 is 5.97. The largest absolute Gasteiger partial charge is 0.396 e. The van der Waals surface area contributed by atoms with Gasteiger partial charge in [0.1, 0.15) is 0 Å². The molecule has 2 rings (SSSR count). The van der Waals surface area contributed by atoms with Gasteiger partial charge in [0.15, 0.2) is 0 Å². The second-order valence-corrected chi connectivity index (χ2v) is 4.10. The SMILES string of the molecule is N=C(N(O)Cc1ccccc1Cl)n1cc(N)cn1. The number of hydrogen-bond donors (Lipinski definition) is 3. The Balaban J connectivity index is 2.11. The quantitative estimate of drug-likeness (QED) is 0.439. The number of hydrogen-bond acceptors (Lipinski definition) is 4. The zero-order valence-electron chi connectivity index (χ0n) is 9.42. The van der Waals surface area contributed by atoms with Crippen LogP contribution in [0, 0.1) is 5.41 Å². The van der Waals surface area contributed by atoms with E-state index < -0.39 is 0 Å². The van der Waals surface area contributed by atoms with Crippen molar-refractivity contribution in [1.29, 1.82) is 5.41 Å². The molecule has 1 aromatic heterocycles.